The van der Waals surface area contributed by atoms with Crippen LogP contribution in [0, 0.1) is 6.92 Å². The molecule has 0 unspecified atom stereocenters. The maximum absolute atomic E-state index is 12.8. The number of hydrogen-bond acceptors (Lipinski definition) is 6. The number of thioether (sulfide) groups is 1. The molecule has 0 N–H and O–H groups in total. The zero-order valence-corrected chi connectivity index (χ0v) is 16.5. The van der Waals surface area contributed by atoms with E-state index < -0.39 is 0 Å². The standard InChI is InChI=1S/C20H17N3O2S2/c1-13-14-7-3-6-10-18(14)27-19(13)16(24)11-26-20-22-21-12-23(20)15-8-4-5-9-17(15)25-2/h3-10,12H,11H2,1-2H3. The van der Waals surface area contributed by atoms with Gasteiger partial charge in [0, 0.05) is 4.70 Å². The minimum atomic E-state index is 0.105. The molecule has 0 aliphatic heterocycles. The molecule has 0 fully saturated rings. The van der Waals surface area contributed by atoms with Crippen LogP contribution in [0.1, 0.15) is 15.2 Å². The summed E-state index contributed by atoms with van der Waals surface area (Å²) in [5, 5.41) is 9.98. The number of para-hydroxylation sites is 2. The van der Waals surface area contributed by atoms with Crippen molar-refractivity contribution in [1.29, 1.82) is 0 Å². The number of rotatable bonds is 6. The number of thiophene rings is 1. The second-order valence-corrected chi connectivity index (χ2v) is 7.91. The van der Waals surface area contributed by atoms with Gasteiger partial charge in [-0.05, 0) is 36.1 Å². The summed E-state index contributed by atoms with van der Waals surface area (Å²) in [6.45, 7) is 2.01. The largest absolute Gasteiger partial charge is 0.495 e. The molecule has 2 heterocycles. The molecular formula is C20H17N3O2S2. The number of benzene rings is 2. The second-order valence-electron chi connectivity index (χ2n) is 5.92. The lowest BCUT2D eigenvalue weighted by molar-refractivity contribution is 0.102. The Hall–Kier alpha value is -2.64. The number of hydrogen-bond donors (Lipinski definition) is 0. The topological polar surface area (TPSA) is 57.0 Å². The molecule has 0 bridgehead atoms. The molecule has 0 spiro atoms. The number of aromatic nitrogens is 3. The van der Waals surface area contributed by atoms with Gasteiger partial charge in [-0.25, -0.2) is 0 Å². The van der Waals surface area contributed by atoms with E-state index in [4.69, 9.17) is 4.74 Å². The number of ether oxygens (including phenoxy) is 1. The predicted octanol–water partition coefficient (Wildman–Crippen LogP) is 4.77. The van der Waals surface area contributed by atoms with Crippen molar-refractivity contribution in [2.45, 2.75) is 12.1 Å². The van der Waals surface area contributed by atoms with Crippen LogP contribution < -0.4 is 4.74 Å². The normalized spacial score (nSPS) is 11.0. The van der Waals surface area contributed by atoms with Crippen molar-refractivity contribution in [3.8, 4) is 11.4 Å². The van der Waals surface area contributed by atoms with Crippen LogP contribution in [0.3, 0.4) is 0 Å². The average molecular weight is 396 g/mol. The third-order valence-corrected chi connectivity index (χ3v) is 6.55. The van der Waals surface area contributed by atoms with E-state index in [2.05, 4.69) is 22.3 Å². The van der Waals surface area contributed by atoms with Crippen LogP contribution in [0.15, 0.2) is 60.0 Å². The fraction of sp³-hybridized carbons (Fsp3) is 0.150. The average Bonchev–Trinajstić information content (AvgIpc) is 3.31. The van der Waals surface area contributed by atoms with Gasteiger partial charge in [0.2, 0.25) is 0 Å². The maximum Gasteiger partial charge on any atom is 0.196 e. The summed E-state index contributed by atoms with van der Waals surface area (Å²) in [7, 11) is 1.63. The lowest BCUT2D eigenvalue weighted by Gasteiger charge is -2.10. The summed E-state index contributed by atoms with van der Waals surface area (Å²) in [6, 6.07) is 15.8. The third-order valence-electron chi connectivity index (χ3n) is 4.29. The van der Waals surface area contributed by atoms with Crippen LogP contribution in [0.25, 0.3) is 15.8 Å². The van der Waals surface area contributed by atoms with Gasteiger partial charge in [0.05, 0.1) is 23.4 Å². The summed E-state index contributed by atoms with van der Waals surface area (Å²) >= 11 is 2.93. The Morgan fingerprint density at radius 3 is 2.78 bits per heavy atom. The minimum absolute atomic E-state index is 0.105. The highest BCUT2D eigenvalue weighted by Crippen LogP contribution is 2.32. The van der Waals surface area contributed by atoms with Crippen molar-refractivity contribution < 1.29 is 9.53 Å². The van der Waals surface area contributed by atoms with Gasteiger partial charge in [0.1, 0.15) is 12.1 Å². The molecule has 4 aromatic rings. The number of carbonyl (C=O) groups is 1. The van der Waals surface area contributed by atoms with Gasteiger partial charge in [0.25, 0.3) is 0 Å². The second kappa shape index (κ2) is 7.54. The Labute approximate surface area is 165 Å². The monoisotopic (exact) mass is 395 g/mol. The fourth-order valence-electron chi connectivity index (χ4n) is 2.95. The van der Waals surface area contributed by atoms with Crippen molar-refractivity contribution in [2.75, 3.05) is 12.9 Å². The number of aryl methyl sites for hydroxylation is 1. The van der Waals surface area contributed by atoms with E-state index >= 15 is 0 Å². The molecule has 27 heavy (non-hydrogen) atoms. The number of methoxy groups -OCH3 is 1. The molecule has 7 heteroatoms. The Morgan fingerprint density at radius 2 is 1.96 bits per heavy atom. The van der Waals surface area contributed by atoms with E-state index in [0.29, 0.717) is 10.9 Å². The van der Waals surface area contributed by atoms with Gasteiger partial charge in [-0.15, -0.1) is 21.5 Å². The van der Waals surface area contributed by atoms with Crippen molar-refractivity contribution >= 4 is 39.0 Å². The molecule has 4 rings (SSSR count). The first-order valence-electron chi connectivity index (χ1n) is 8.36. The minimum Gasteiger partial charge on any atom is -0.495 e. The van der Waals surface area contributed by atoms with Crippen LogP contribution >= 0.6 is 23.1 Å². The Morgan fingerprint density at radius 1 is 1.19 bits per heavy atom. The molecule has 0 radical (unpaired) electrons. The lowest BCUT2D eigenvalue weighted by Crippen LogP contribution is -2.04. The van der Waals surface area contributed by atoms with E-state index in [-0.39, 0.29) is 5.78 Å². The first-order valence-corrected chi connectivity index (χ1v) is 10.2. The molecule has 2 aromatic carbocycles. The van der Waals surface area contributed by atoms with Gasteiger partial charge in [-0.3, -0.25) is 9.36 Å². The Kier molecular flexibility index (Phi) is 4.96. The number of Topliss-reactive ketones (excluding diaryl/α,β-unsaturated/α-hetero) is 1. The summed E-state index contributed by atoms with van der Waals surface area (Å²) in [4.78, 5) is 13.6. The van der Waals surface area contributed by atoms with Crippen molar-refractivity contribution in [3.63, 3.8) is 0 Å². The smallest absolute Gasteiger partial charge is 0.196 e. The highest BCUT2D eigenvalue weighted by atomic mass is 32.2. The van der Waals surface area contributed by atoms with E-state index in [1.807, 2.05) is 47.9 Å². The van der Waals surface area contributed by atoms with Crippen molar-refractivity contribution in [1.82, 2.24) is 14.8 Å². The quantitative estimate of drug-likeness (QED) is 0.348. The molecular weight excluding hydrogens is 378 g/mol. The highest BCUT2D eigenvalue weighted by Gasteiger charge is 2.18. The Bertz CT molecular complexity index is 1120. The summed E-state index contributed by atoms with van der Waals surface area (Å²) in [6.07, 6.45) is 1.63. The van der Waals surface area contributed by atoms with Crippen LogP contribution in [0.2, 0.25) is 0 Å². The molecule has 0 aliphatic rings. The zero-order chi connectivity index (χ0) is 18.8. The van der Waals surface area contributed by atoms with Gasteiger partial charge in [-0.1, -0.05) is 42.1 Å². The first-order chi connectivity index (χ1) is 13.2. The molecule has 0 amide bonds. The van der Waals surface area contributed by atoms with E-state index in [1.54, 1.807) is 24.8 Å². The molecule has 0 aliphatic carbocycles. The van der Waals surface area contributed by atoms with Crippen LogP contribution in [0.4, 0.5) is 0 Å². The number of nitrogens with zero attached hydrogens (tertiary/aromatic N) is 3. The predicted molar refractivity (Wildman–Crippen MR) is 110 cm³/mol. The van der Waals surface area contributed by atoms with Crippen LogP contribution in [-0.2, 0) is 0 Å². The zero-order valence-electron chi connectivity index (χ0n) is 14.9. The summed E-state index contributed by atoms with van der Waals surface area (Å²) in [5.41, 5.74) is 1.89. The van der Waals surface area contributed by atoms with Gasteiger partial charge < -0.3 is 4.74 Å². The van der Waals surface area contributed by atoms with E-state index in [0.717, 1.165) is 32.0 Å². The van der Waals surface area contributed by atoms with Crippen molar-refractivity contribution in [2.24, 2.45) is 0 Å². The molecule has 0 atom stereocenters. The molecule has 2 aromatic heterocycles. The van der Waals surface area contributed by atoms with Crippen LogP contribution in [0.5, 0.6) is 5.75 Å². The molecule has 5 nitrogen and oxygen atoms in total. The fourth-order valence-corrected chi connectivity index (χ4v) is 4.98. The van der Waals surface area contributed by atoms with E-state index in [9.17, 15) is 4.79 Å². The van der Waals surface area contributed by atoms with Gasteiger partial charge in [0.15, 0.2) is 10.9 Å². The lowest BCUT2D eigenvalue weighted by atomic mass is 10.1. The third kappa shape index (κ3) is 3.36. The van der Waals surface area contributed by atoms with Gasteiger partial charge in [-0.2, -0.15) is 0 Å². The van der Waals surface area contributed by atoms with Crippen LogP contribution in [-0.4, -0.2) is 33.4 Å². The number of ketones is 1. The molecule has 136 valence electrons. The van der Waals surface area contributed by atoms with Crippen molar-refractivity contribution in [3.05, 3.63) is 65.3 Å². The maximum atomic E-state index is 12.8. The molecule has 0 saturated carbocycles. The first kappa shape index (κ1) is 17.8. The summed E-state index contributed by atoms with van der Waals surface area (Å²) < 4.78 is 8.40. The van der Waals surface area contributed by atoms with Gasteiger partial charge >= 0.3 is 0 Å². The Balaban J connectivity index is 1.57. The number of fused-ring (bicyclic) bond motifs is 1. The number of carbonyl (C=O) groups excluding carboxylic acids is 1. The highest BCUT2D eigenvalue weighted by molar-refractivity contribution is 7.99. The summed E-state index contributed by atoms with van der Waals surface area (Å²) in [5.74, 6) is 1.14. The molecule has 0 saturated heterocycles. The SMILES string of the molecule is COc1ccccc1-n1cnnc1SCC(=O)c1sc2ccccc2c1C. The van der Waals surface area contributed by atoms with E-state index in [1.165, 1.54) is 11.8 Å².